The van der Waals surface area contributed by atoms with Crippen molar-refractivity contribution in [1.82, 2.24) is 10.2 Å². The Balaban J connectivity index is 1.61. The second-order valence-corrected chi connectivity index (χ2v) is 7.00. The molecule has 2 saturated carbocycles. The smallest absolute Gasteiger partial charge is 0.317 e. The number of carbonyl (C=O) groups excluding carboxylic acids is 1. The molecule has 22 heavy (non-hydrogen) atoms. The molecule has 0 bridgehead atoms. The zero-order valence-corrected chi connectivity index (χ0v) is 13.4. The van der Waals surface area contributed by atoms with Gasteiger partial charge in [0.25, 0.3) is 0 Å². The number of rotatable bonds is 6. The summed E-state index contributed by atoms with van der Waals surface area (Å²) >= 11 is 0. The fraction of sp³-hybridized carbons (Fsp3) is 0.611. The first kappa shape index (κ1) is 15.3. The molecular formula is C18H26N2O2. The largest absolute Gasteiger partial charge is 0.391 e. The van der Waals surface area contributed by atoms with E-state index in [1.165, 1.54) is 5.56 Å². The third-order valence-electron chi connectivity index (χ3n) is 5.01. The Morgan fingerprint density at radius 2 is 2.00 bits per heavy atom. The molecule has 0 heterocycles. The Kier molecular flexibility index (Phi) is 4.39. The van der Waals surface area contributed by atoms with E-state index in [0.29, 0.717) is 24.3 Å². The van der Waals surface area contributed by atoms with Crippen molar-refractivity contribution in [1.29, 1.82) is 0 Å². The molecule has 0 aliphatic heterocycles. The molecule has 2 aliphatic rings. The third kappa shape index (κ3) is 3.61. The van der Waals surface area contributed by atoms with Crippen molar-refractivity contribution in [2.24, 2.45) is 17.8 Å². The van der Waals surface area contributed by atoms with Crippen molar-refractivity contribution in [3.05, 3.63) is 35.9 Å². The van der Waals surface area contributed by atoms with Crippen LogP contribution in [-0.4, -0.2) is 35.7 Å². The van der Waals surface area contributed by atoms with Gasteiger partial charge < -0.3 is 15.3 Å². The lowest BCUT2D eigenvalue weighted by Gasteiger charge is -2.26. The topological polar surface area (TPSA) is 52.6 Å². The van der Waals surface area contributed by atoms with Gasteiger partial charge in [0.2, 0.25) is 0 Å². The fourth-order valence-electron chi connectivity index (χ4n) is 3.15. The number of urea groups is 1. The summed E-state index contributed by atoms with van der Waals surface area (Å²) in [5.74, 6) is 1.57. The van der Waals surface area contributed by atoms with E-state index in [9.17, 15) is 9.90 Å². The average Bonchev–Trinajstić information content (AvgIpc) is 3.41. The van der Waals surface area contributed by atoms with Crippen LogP contribution in [0.15, 0.2) is 30.3 Å². The molecule has 2 fully saturated rings. The highest BCUT2D eigenvalue weighted by Gasteiger charge is 2.41. The second kappa shape index (κ2) is 6.29. The molecule has 4 atom stereocenters. The summed E-state index contributed by atoms with van der Waals surface area (Å²) in [5.41, 5.74) is 1.17. The number of nitrogens with zero attached hydrogens (tertiary/aromatic N) is 1. The van der Waals surface area contributed by atoms with Crippen molar-refractivity contribution in [2.75, 3.05) is 13.6 Å². The Hall–Kier alpha value is -1.55. The summed E-state index contributed by atoms with van der Waals surface area (Å²) in [5, 5.41) is 13.2. The molecular weight excluding hydrogens is 276 g/mol. The standard InChI is InChI=1S/C18H26N2O2/c1-12-10-15(12)17(14-6-4-3-5-7-14)19-18(22)20(2)11-16(21)13-8-9-13/h3-7,12-13,15-17,21H,8-11H2,1-2H3,(H,19,22)/t12-,15+,16-,17+/m1/s1. The predicted octanol–water partition coefficient (Wildman–Crippen LogP) is 2.80. The molecule has 2 aliphatic carbocycles. The Morgan fingerprint density at radius 1 is 1.36 bits per heavy atom. The van der Waals surface area contributed by atoms with Crippen LogP contribution in [0.1, 0.15) is 37.8 Å². The van der Waals surface area contributed by atoms with E-state index in [1.54, 1.807) is 11.9 Å². The number of nitrogens with one attached hydrogen (secondary N) is 1. The summed E-state index contributed by atoms with van der Waals surface area (Å²) in [6.45, 7) is 2.64. The van der Waals surface area contributed by atoms with Gasteiger partial charge in [0.15, 0.2) is 0 Å². The summed E-state index contributed by atoms with van der Waals surface area (Å²) in [4.78, 5) is 14.1. The minimum atomic E-state index is -0.384. The van der Waals surface area contributed by atoms with Crippen LogP contribution in [0.25, 0.3) is 0 Å². The average molecular weight is 302 g/mol. The van der Waals surface area contributed by atoms with Crippen molar-refractivity contribution >= 4 is 6.03 Å². The van der Waals surface area contributed by atoms with Gasteiger partial charge in [-0.25, -0.2) is 4.79 Å². The molecule has 0 aromatic heterocycles. The van der Waals surface area contributed by atoms with Crippen molar-refractivity contribution in [2.45, 2.75) is 38.3 Å². The van der Waals surface area contributed by atoms with Crippen molar-refractivity contribution in [3.8, 4) is 0 Å². The van der Waals surface area contributed by atoms with Crippen LogP contribution in [0.3, 0.4) is 0 Å². The van der Waals surface area contributed by atoms with Gasteiger partial charge in [0.05, 0.1) is 12.1 Å². The van der Waals surface area contributed by atoms with Gasteiger partial charge in [-0.2, -0.15) is 0 Å². The normalized spacial score (nSPS) is 26.1. The van der Waals surface area contributed by atoms with E-state index in [1.807, 2.05) is 18.2 Å². The highest BCUT2D eigenvalue weighted by molar-refractivity contribution is 5.74. The first-order valence-electron chi connectivity index (χ1n) is 8.31. The number of carbonyl (C=O) groups is 1. The lowest BCUT2D eigenvalue weighted by atomic mass is 10.0. The molecule has 2 N–H and O–H groups in total. The Morgan fingerprint density at radius 3 is 2.55 bits per heavy atom. The molecule has 3 rings (SSSR count). The summed E-state index contributed by atoms with van der Waals surface area (Å²) in [6.07, 6.45) is 2.95. The molecule has 0 spiro atoms. The van der Waals surface area contributed by atoms with Crippen LogP contribution in [-0.2, 0) is 0 Å². The summed E-state index contributed by atoms with van der Waals surface area (Å²) in [6, 6.07) is 10.2. The second-order valence-electron chi connectivity index (χ2n) is 7.00. The molecule has 0 radical (unpaired) electrons. The van der Waals surface area contributed by atoms with E-state index in [-0.39, 0.29) is 18.2 Å². The number of benzene rings is 1. The number of amides is 2. The Bertz CT molecular complexity index is 515. The number of aliphatic hydroxyl groups excluding tert-OH is 1. The maximum Gasteiger partial charge on any atom is 0.317 e. The van der Waals surface area contributed by atoms with Crippen LogP contribution in [0.4, 0.5) is 4.79 Å². The monoisotopic (exact) mass is 302 g/mol. The molecule has 2 amide bonds. The minimum Gasteiger partial charge on any atom is -0.391 e. The van der Waals surface area contributed by atoms with Crippen molar-refractivity contribution < 1.29 is 9.90 Å². The van der Waals surface area contributed by atoms with Gasteiger partial charge in [-0.15, -0.1) is 0 Å². The summed E-state index contributed by atoms with van der Waals surface area (Å²) in [7, 11) is 1.76. The van der Waals surface area contributed by atoms with Gasteiger partial charge >= 0.3 is 6.03 Å². The number of hydrogen-bond acceptors (Lipinski definition) is 2. The molecule has 1 aromatic rings. The fourth-order valence-corrected chi connectivity index (χ4v) is 3.15. The van der Waals surface area contributed by atoms with Crippen LogP contribution < -0.4 is 5.32 Å². The van der Waals surface area contributed by atoms with Gasteiger partial charge in [-0.05, 0) is 42.6 Å². The SMILES string of the molecule is C[C@@H]1C[C@@H]1[C@@H](NC(=O)N(C)C[C@@H](O)C1CC1)c1ccccc1. The van der Waals surface area contributed by atoms with Gasteiger partial charge in [0, 0.05) is 13.6 Å². The zero-order valence-electron chi connectivity index (χ0n) is 13.4. The highest BCUT2D eigenvalue weighted by atomic mass is 16.3. The van der Waals surface area contributed by atoms with Crippen LogP contribution in [0.5, 0.6) is 0 Å². The van der Waals surface area contributed by atoms with Crippen molar-refractivity contribution in [3.63, 3.8) is 0 Å². The maximum atomic E-state index is 12.4. The van der Waals surface area contributed by atoms with E-state index in [0.717, 1.165) is 19.3 Å². The molecule has 0 saturated heterocycles. The van der Waals surface area contributed by atoms with E-state index in [4.69, 9.17) is 0 Å². The van der Waals surface area contributed by atoms with Crippen LogP contribution >= 0.6 is 0 Å². The minimum absolute atomic E-state index is 0.0733. The van der Waals surface area contributed by atoms with Gasteiger partial charge in [-0.1, -0.05) is 37.3 Å². The predicted molar refractivity (Wildman–Crippen MR) is 86.3 cm³/mol. The number of likely N-dealkylation sites (N-methyl/N-ethyl adjacent to an activating group) is 1. The van der Waals surface area contributed by atoms with Crippen LogP contribution in [0.2, 0.25) is 0 Å². The highest BCUT2D eigenvalue weighted by Crippen LogP contribution is 2.47. The molecule has 4 heteroatoms. The Labute approximate surface area is 132 Å². The summed E-state index contributed by atoms with van der Waals surface area (Å²) < 4.78 is 0. The maximum absolute atomic E-state index is 12.4. The van der Waals surface area contributed by atoms with E-state index < -0.39 is 0 Å². The molecule has 1 aromatic carbocycles. The lowest BCUT2D eigenvalue weighted by Crippen LogP contribution is -2.43. The van der Waals surface area contributed by atoms with Gasteiger partial charge in [-0.3, -0.25) is 0 Å². The third-order valence-corrected chi connectivity index (χ3v) is 5.01. The quantitative estimate of drug-likeness (QED) is 0.849. The number of hydrogen-bond donors (Lipinski definition) is 2. The number of aliphatic hydroxyl groups is 1. The zero-order chi connectivity index (χ0) is 15.7. The first-order valence-corrected chi connectivity index (χ1v) is 8.31. The van der Waals surface area contributed by atoms with E-state index >= 15 is 0 Å². The molecule has 0 unspecified atom stereocenters. The van der Waals surface area contributed by atoms with E-state index in [2.05, 4.69) is 24.4 Å². The van der Waals surface area contributed by atoms with Crippen LogP contribution in [0, 0.1) is 17.8 Å². The first-order chi connectivity index (χ1) is 10.6. The van der Waals surface area contributed by atoms with Gasteiger partial charge in [0.1, 0.15) is 0 Å². The molecule has 4 nitrogen and oxygen atoms in total. The molecule has 120 valence electrons. The lowest BCUT2D eigenvalue weighted by molar-refractivity contribution is 0.112.